The molecule has 4 aromatic heterocycles. The van der Waals surface area contributed by atoms with Crippen LogP contribution in [0.2, 0.25) is 0 Å². The molecule has 1 atom stereocenters. The van der Waals surface area contributed by atoms with E-state index in [0.29, 0.717) is 23.4 Å². The summed E-state index contributed by atoms with van der Waals surface area (Å²) in [5, 5.41) is 23.3. The molecule has 0 saturated heterocycles. The molecule has 0 spiro atoms. The number of benzene rings is 1. The molecule has 20 nitrogen and oxygen atoms in total. The van der Waals surface area contributed by atoms with Crippen LogP contribution < -0.4 is 38.9 Å². The number of carbonyl (C=O) groups excluding carboxylic acids is 1. The number of H-pyrrole nitrogens is 1. The van der Waals surface area contributed by atoms with Gasteiger partial charge in [0, 0.05) is 30.1 Å². The van der Waals surface area contributed by atoms with Gasteiger partial charge in [-0.2, -0.15) is 15.0 Å². The first kappa shape index (κ1) is 31.4. The number of aliphatic carboxylic acids is 2. The lowest BCUT2D eigenvalue weighted by atomic mass is 10.1. The highest BCUT2D eigenvalue weighted by Gasteiger charge is 2.21. The van der Waals surface area contributed by atoms with Gasteiger partial charge in [-0.25, -0.2) is 30.6 Å². The number of nitrogens with one attached hydrogen (secondary N) is 4. The van der Waals surface area contributed by atoms with Crippen LogP contribution in [0.5, 0.6) is 0 Å². The average Bonchev–Trinajstić information content (AvgIpc) is 3.02. The normalized spacial score (nSPS) is 11.2. The maximum absolute atomic E-state index is 12.3. The molecule has 45 heavy (non-hydrogen) atoms. The van der Waals surface area contributed by atoms with Crippen molar-refractivity contribution < 1.29 is 24.6 Å². The molecule has 5 aromatic rings. The molecule has 0 aliphatic carbocycles. The van der Waals surface area contributed by atoms with Crippen molar-refractivity contribution in [2.24, 2.45) is 5.84 Å². The Hall–Kier alpha value is -6.57. The van der Waals surface area contributed by atoms with Crippen molar-refractivity contribution >= 4 is 63.6 Å². The fourth-order valence-electron chi connectivity index (χ4n) is 3.71. The lowest BCUT2D eigenvalue weighted by Gasteiger charge is -2.14. The van der Waals surface area contributed by atoms with Gasteiger partial charge in [-0.3, -0.25) is 24.8 Å². The maximum atomic E-state index is 12.3. The summed E-state index contributed by atoms with van der Waals surface area (Å²) < 4.78 is 0. The van der Waals surface area contributed by atoms with E-state index < -0.39 is 23.9 Å². The van der Waals surface area contributed by atoms with E-state index in [1.165, 1.54) is 30.7 Å². The number of anilines is 4. The lowest BCUT2D eigenvalue weighted by Crippen LogP contribution is -2.41. The van der Waals surface area contributed by atoms with Gasteiger partial charge in [0.1, 0.15) is 6.04 Å². The number of amides is 1. The van der Waals surface area contributed by atoms with Crippen molar-refractivity contribution in [3.63, 3.8) is 0 Å². The van der Waals surface area contributed by atoms with Gasteiger partial charge in [0.15, 0.2) is 28.1 Å². The van der Waals surface area contributed by atoms with E-state index in [1.54, 1.807) is 12.1 Å². The van der Waals surface area contributed by atoms with Crippen molar-refractivity contribution in [1.29, 1.82) is 0 Å². The summed E-state index contributed by atoms with van der Waals surface area (Å²) in [6.45, 7) is 0.300. The number of nitrogen functional groups attached to an aromatic ring is 3. The number of hydrogen-bond acceptors (Lipinski definition) is 16. The highest BCUT2D eigenvalue weighted by Crippen LogP contribution is 2.16. The van der Waals surface area contributed by atoms with Gasteiger partial charge in [-0.05, 0) is 30.7 Å². The van der Waals surface area contributed by atoms with E-state index >= 15 is 0 Å². The van der Waals surface area contributed by atoms with Gasteiger partial charge < -0.3 is 32.3 Å². The molecule has 0 saturated carbocycles. The van der Waals surface area contributed by atoms with Crippen LogP contribution in [0.1, 0.15) is 28.9 Å². The molecular formula is C25H26N14O6. The first-order valence-corrected chi connectivity index (χ1v) is 12.9. The monoisotopic (exact) mass is 618 g/mol. The summed E-state index contributed by atoms with van der Waals surface area (Å²) in [4.78, 5) is 75.7. The zero-order valence-corrected chi connectivity index (χ0v) is 23.1. The summed E-state index contributed by atoms with van der Waals surface area (Å²) in [6.07, 6.45) is 3.81. The third-order valence-electron chi connectivity index (χ3n) is 5.85. The Morgan fingerprint density at radius 2 is 1.62 bits per heavy atom. The number of aromatic nitrogens is 8. The molecule has 20 heteroatoms. The molecule has 232 valence electrons. The number of carboxylic acids is 2. The molecule has 1 amide bonds. The second kappa shape index (κ2) is 14.1. The molecule has 1 aromatic carbocycles. The Morgan fingerprint density at radius 1 is 0.911 bits per heavy atom. The largest absolute Gasteiger partial charge is 0.481 e. The number of hydrazine groups is 1. The predicted molar refractivity (Wildman–Crippen MR) is 159 cm³/mol. The summed E-state index contributed by atoms with van der Waals surface area (Å²) in [7, 11) is 0. The van der Waals surface area contributed by atoms with E-state index in [0.717, 1.165) is 0 Å². The fraction of sp³-hybridized carbons (Fsp3) is 0.160. The van der Waals surface area contributed by atoms with E-state index in [2.05, 4.69) is 55.9 Å². The molecule has 0 radical (unpaired) electrons. The standard InChI is InChI=1S/C19H20N8O5.C6H6N6O/c20-15-14-16(27-19(21)26-15)23-8-11(24-14)7-22-10-3-1-9(2-4-10)17(30)25-12(18(31)32)5-6-13(28)29;7-12-6-10-4-3(5(13)11-6)8-1-2-9-4/h1-4,8,12,22H,5-7H2,(H,25,30)(H,28,29)(H,31,32)(H4,20,21,23,26,27);1-2H,7H2,(H2,9,10,11,12,13)/t12-;/m0./s1. The summed E-state index contributed by atoms with van der Waals surface area (Å²) in [5.41, 5.74) is 15.8. The molecule has 5 rings (SSSR count). The average molecular weight is 619 g/mol. The number of nitrogens with zero attached hydrogens (tertiary/aromatic N) is 7. The van der Waals surface area contributed by atoms with Gasteiger partial charge in [0.05, 0.1) is 18.4 Å². The van der Waals surface area contributed by atoms with Gasteiger partial charge >= 0.3 is 11.9 Å². The van der Waals surface area contributed by atoms with Gasteiger partial charge in [0.25, 0.3) is 11.5 Å². The number of fused-ring (bicyclic) bond motifs is 2. The number of carbonyl (C=O) groups is 3. The Kier molecular flexibility index (Phi) is 9.80. The Labute approximate surface area is 251 Å². The van der Waals surface area contributed by atoms with Crippen molar-refractivity contribution in [2.45, 2.75) is 25.4 Å². The van der Waals surface area contributed by atoms with Crippen LogP contribution in [-0.2, 0) is 16.1 Å². The molecule has 0 aliphatic heterocycles. The molecule has 0 bridgehead atoms. The number of carboxylic acid groups (broad SMARTS) is 2. The van der Waals surface area contributed by atoms with E-state index in [1.807, 2.05) is 0 Å². The number of nitrogens with two attached hydrogens (primary N) is 3. The second-order valence-corrected chi connectivity index (χ2v) is 9.02. The van der Waals surface area contributed by atoms with Crippen LogP contribution >= 0.6 is 0 Å². The van der Waals surface area contributed by atoms with Crippen molar-refractivity contribution in [3.8, 4) is 0 Å². The summed E-state index contributed by atoms with van der Waals surface area (Å²) in [5.74, 6) is 2.31. The summed E-state index contributed by atoms with van der Waals surface area (Å²) in [6, 6.07) is 4.99. The van der Waals surface area contributed by atoms with Gasteiger partial charge in [-0.1, -0.05) is 0 Å². The van der Waals surface area contributed by atoms with Crippen LogP contribution in [0.3, 0.4) is 0 Å². The van der Waals surface area contributed by atoms with E-state index in [4.69, 9.17) is 27.5 Å². The number of hydrogen-bond donors (Lipinski definition) is 9. The minimum atomic E-state index is -1.30. The minimum Gasteiger partial charge on any atom is -0.481 e. The molecule has 0 aliphatic rings. The van der Waals surface area contributed by atoms with Crippen molar-refractivity contribution in [3.05, 3.63) is 64.5 Å². The zero-order chi connectivity index (χ0) is 32.5. The van der Waals surface area contributed by atoms with Crippen molar-refractivity contribution in [2.75, 3.05) is 22.2 Å². The molecule has 12 N–H and O–H groups in total. The zero-order valence-electron chi connectivity index (χ0n) is 23.1. The van der Waals surface area contributed by atoms with Crippen molar-refractivity contribution in [1.82, 2.24) is 45.2 Å². The Morgan fingerprint density at radius 3 is 2.31 bits per heavy atom. The second-order valence-electron chi connectivity index (χ2n) is 9.02. The Balaban J connectivity index is 0.000000293. The highest BCUT2D eigenvalue weighted by atomic mass is 16.4. The van der Waals surface area contributed by atoms with E-state index in [-0.39, 0.29) is 58.5 Å². The summed E-state index contributed by atoms with van der Waals surface area (Å²) >= 11 is 0. The van der Waals surface area contributed by atoms with Gasteiger partial charge in [-0.15, -0.1) is 0 Å². The SMILES string of the molecule is NNc1nc2nccnc2c(=O)[nH]1.Nc1nc(N)c2nc(CNc3ccc(C(=O)N[C@@H](CCC(=O)O)C(=O)O)cc3)cnc2n1. The third kappa shape index (κ3) is 8.26. The minimum absolute atomic E-state index is 0.0101. The smallest absolute Gasteiger partial charge is 0.326 e. The first-order chi connectivity index (χ1) is 21.5. The quantitative estimate of drug-likeness (QED) is 0.0685. The van der Waals surface area contributed by atoms with Crippen LogP contribution in [-0.4, -0.2) is 74.0 Å². The number of rotatable bonds is 10. The Bertz CT molecular complexity index is 1920. The predicted octanol–water partition coefficient (Wildman–Crippen LogP) is -0.757. The van der Waals surface area contributed by atoms with E-state index in [9.17, 15) is 19.2 Å². The number of aromatic amines is 1. The van der Waals surface area contributed by atoms with Crippen LogP contribution in [0.15, 0.2) is 47.7 Å². The van der Waals surface area contributed by atoms with Crippen LogP contribution in [0, 0.1) is 0 Å². The third-order valence-corrected chi connectivity index (χ3v) is 5.85. The van der Waals surface area contributed by atoms with Gasteiger partial charge in [0.2, 0.25) is 11.9 Å². The maximum Gasteiger partial charge on any atom is 0.326 e. The van der Waals surface area contributed by atoms with Crippen LogP contribution in [0.4, 0.5) is 23.4 Å². The molecule has 0 fully saturated rings. The van der Waals surface area contributed by atoms with Crippen LogP contribution in [0.25, 0.3) is 22.3 Å². The first-order valence-electron chi connectivity index (χ1n) is 12.9. The molecule has 0 unspecified atom stereocenters. The molecule has 4 heterocycles. The highest BCUT2D eigenvalue weighted by molar-refractivity contribution is 5.97. The molecular weight excluding hydrogens is 592 g/mol. The topological polar surface area (TPSA) is 329 Å². The fourth-order valence-corrected chi connectivity index (χ4v) is 3.71. The lowest BCUT2D eigenvalue weighted by molar-refractivity contribution is -0.140.